The van der Waals surface area contributed by atoms with Crippen LogP contribution in [0.5, 0.6) is 0 Å². The molecule has 0 aliphatic carbocycles. The van der Waals surface area contributed by atoms with Crippen LogP contribution in [0.1, 0.15) is 6.92 Å². The number of hydrogen-bond donors (Lipinski definition) is 2. The van der Waals surface area contributed by atoms with Gasteiger partial charge in [0.2, 0.25) is 11.8 Å². The number of anilines is 1. The first-order valence-corrected chi connectivity index (χ1v) is 7.03. The van der Waals surface area contributed by atoms with E-state index in [0.29, 0.717) is 17.6 Å². The van der Waals surface area contributed by atoms with E-state index >= 15 is 0 Å². The molecular formula is C13H15BrFN3O2. The van der Waals surface area contributed by atoms with Crippen LogP contribution < -0.4 is 10.6 Å². The first-order chi connectivity index (χ1) is 9.47. The van der Waals surface area contributed by atoms with Crippen molar-refractivity contribution in [3.63, 3.8) is 0 Å². The average Bonchev–Trinajstić information content (AvgIpc) is 2.41. The maximum Gasteiger partial charge on any atom is 0.241 e. The van der Waals surface area contributed by atoms with Crippen LogP contribution in [0.2, 0.25) is 0 Å². The van der Waals surface area contributed by atoms with Gasteiger partial charge in [-0.3, -0.25) is 14.5 Å². The number of rotatable bonds is 3. The third-order valence-electron chi connectivity index (χ3n) is 3.18. The monoisotopic (exact) mass is 343 g/mol. The fourth-order valence-electron chi connectivity index (χ4n) is 1.98. The van der Waals surface area contributed by atoms with E-state index < -0.39 is 11.9 Å². The van der Waals surface area contributed by atoms with Crippen LogP contribution in [0.4, 0.5) is 10.1 Å². The van der Waals surface area contributed by atoms with Crippen molar-refractivity contribution < 1.29 is 14.0 Å². The zero-order valence-electron chi connectivity index (χ0n) is 11.0. The van der Waals surface area contributed by atoms with Gasteiger partial charge in [-0.05, 0) is 25.1 Å². The Hall–Kier alpha value is -1.47. The number of carbonyl (C=O) groups is 2. The van der Waals surface area contributed by atoms with Crippen molar-refractivity contribution in [3.05, 3.63) is 28.5 Å². The van der Waals surface area contributed by atoms with Gasteiger partial charge in [-0.2, -0.15) is 0 Å². The van der Waals surface area contributed by atoms with Crippen molar-refractivity contribution >= 4 is 33.4 Å². The van der Waals surface area contributed by atoms with E-state index in [4.69, 9.17) is 0 Å². The van der Waals surface area contributed by atoms with Crippen molar-refractivity contribution in [2.45, 2.75) is 13.0 Å². The predicted molar refractivity (Wildman–Crippen MR) is 76.8 cm³/mol. The van der Waals surface area contributed by atoms with Gasteiger partial charge in [0, 0.05) is 17.6 Å². The molecular weight excluding hydrogens is 329 g/mol. The van der Waals surface area contributed by atoms with Crippen LogP contribution in [0.3, 0.4) is 0 Å². The van der Waals surface area contributed by atoms with Crippen molar-refractivity contribution in [2.24, 2.45) is 0 Å². The minimum absolute atomic E-state index is 0.106. The molecule has 0 unspecified atom stereocenters. The second-order valence-corrected chi connectivity index (χ2v) is 5.53. The standard InChI is InChI=1S/C13H15BrFN3O2/c1-8(18-5-4-16-12(19)7-18)13(20)17-11-3-2-9(14)6-10(11)15/h2-3,6,8H,4-5,7H2,1H3,(H,16,19)(H,17,20)/t8-/m1/s1. The molecule has 2 N–H and O–H groups in total. The minimum atomic E-state index is -0.503. The van der Waals surface area contributed by atoms with Gasteiger partial charge in [0.05, 0.1) is 18.3 Å². The number of piperazine rings is 1. The van der Waals surface area contributed by atoms with Crippen LogP contribution in [0.15, 0.2) is 22.7 Å². The normalized spacial score (nSPS) is 17.4. The number of hydrogen-bond acceptors (Lipinski definition) is 3. The molecule has 1 atom stereocenters. The topological polar surface area (TPSA) is 61.4 Å². The molecule has 0 bridgehead atoms. The summed E-state index contributed by atoms with van der Waals surface area (Å²) in [5.74, 6) is -0.942. The summed E-state index contributed by atoms with van der Waals surface area (Å²) in [6.45, 7) is 2.99. The summed E-state index contributed by atoms with van der Waals surface area (Å²) in [6.07, 6.45) is 0. The molecule has 7 heteroatoms. The molecule has 1 heterocycles. The zero-order valence-corrected chi connectivity index (χ0v) is 12.5. The summed E-state index contributed by atoms with van der Waals surface area (Å²) in [5.41, 5.74) is 0.131. The quantitative estimate of drug-likeness (QED) is 0.870. The van der Waals surface area contributed by atoms with Gasteiger partial charge in [0.15, 0.2) is 0 Å². The molecule has 1 aliphatic rings. The molecule has 1 aromatic rings. The molecule has 1 fully saturated rings. The van der Waals surface area contributed by atoms with E-state index in [9.17, 15) is 14.0 Å². The molecule has 108 valence electrons. The molecule has 2 amide bonds. The van der Waals surface area contributed by atoms with Crippen LogP contribution in [0, 0.1) is 5.82 Å². The molecule has 1 aromatic carbocycles. The molecule has 20 heavy (non-hydrogen) atoms. The van der Waals surface area contributed by atoms with Crippen LogP contribution in [-0.2, 0) is 9.59 Å². The predicted octanol–water partition coefficient (Wildman–Crippen LogP) is 1.35. The van der Waals surface area contributed by atoms with Gasteiger partial charge >= 0.3 is 0 Å². The minimum Gasteiger partial charge on any atom is -0.354 e. The summed E-state index contributed by atoms with van der Waals surface area (Å²) in [5, 5.41) is 5.23. The molecule has 0 spiro atoms. The summed E-state index contributed by atoms with van der Waals surface area (Å²) >= 11 is 3.16. The number of carbonyl (C=O) groups excluding carboxylic acids is 2. The second-order valence-electron chi connectivity index (χ2n) is 4.61. The molecule has 0 aromatic heterocycles. The average molecular weight is 344 g/mol. The Bertz CT molecular complexity index is 538. The van der Waals surface area contributed by atoms with E-state index in [0.717, 1.165) is 0 Å². The van der Waals surface area contributed by atoms with E-state index in [1.807, 2.05) is 0 Å². The Kier molecular flexibility index (Phi) is 4.72. The zero-order chi connectivity index (χ0) is 14.7. The number of nitrogens with zero attached hydrogens (tertiary/aromatic N) is 1. The van der Waals surface area contributed by atoms with Crippen LogP contribution in [0.25, 0.3) is 0 Å². The lowest BCUT2D eigenvalue weighted by Crippen LogP contribution is -2.53. The highest BCUT2D eigenvalue weighted by Crippen LogP contribution is 2.19. The van der Waals surface area contributed by atoms with Crippen molar-refractivity contribution in [1.29, 1.82) is 0 Å². The van der Waals surface area contributed by atoms with Crippen LogP contribution in [-0.4, -0.2) is 42.4 Å². The maximum absolute atomic E-state index is 13.7. The number of amides is 2. The van der Waals surface area contributed by atoms with Crippen molar-refractivity contribution in [3.8, 4) is 0 Å². The van der Waals surface area contributed by atoms with E-state index in [-0.39, 0.29) is 24.0 Å². The molecule has 5 nitrogen and oxygen atoms in total. The summed E-state index contributed by atoms with van der Waals surface area (Å²) in [7, 11) is 0. The Morgan fingerprint density at radius 2 is 2.30 bits per heavy atom. The molecule has 0 saturated carbocycles. The summed E-state index contributed by atoms with van der Waals surface area (Å²) in [6, 6.07) is 3.93. The lowest BCUT2D eigenvalue weighted by Gasteiger charge is -2.31. The maximum atomic E-state index is 13.7. The van der Waals surface area contributed by atoms with Crippen molar-refractivity contribution in [1.82, 2.24) is 10.2 Å². The molecule has 0 radical (unpaired) electrons. The fourth-order valence-corrected chi connectivity index (χ4v) is 2.32. The highest BCUT2D eigenvalue weighted by atomic mass is 79.9. The Morgan fingerprint density at radius 3 is 2.95 bits per heavy atom. The van der Waals surface area contributed by atoms with Gasteiger partial charge in [-0.1, -0.05) is 15.9 Å². The van der Waals surface area contributed by atoms with Gasteiger partial charge < -0.3 is 10.6 Å². The first-order valence-electron chi connectivity index (χ1n) is 6.24. The largest absolute Gasteiger partial charge is 0.354 e. The summed E-state index contributed by atoms with van der Waals surface area (Å²) < 4.78 is 14.3. The highest BCUT2D eigenvalue weighted by molar-refractivity contribution is 9.10. The third-order valence-corrected chi connectivity index (χ3v) is 3.68. The summed E-state index contributed by atoms with van der Waals surface area (Å²) in [4.78, 5) is 25.1. The van der Waals surface area contributed by atoms with Gasteiger partial charge in [-0.15, -0.1) is 0 Å². The second kappa shape index (κ2) is 6.32. The Labute approximate surface area is 124 Å². The molecule has 1 saturated heterocycles. The third kappa shape index (κ3) is 3.55. The Morgan fingerprint density at radius 1 is 1.55 bits per heavy atom. The van der Waals surface area contributed by atoms with Gasteiger partial charge in [-0.25, -0.2) is 4.39 Å². The van der Waals surface area contributed by atoms with Crippen molar-refractivity contribution in [2.75, 3.05) is 25.0 Å². The SMILES string of the molecule is C[C@H](C(=O)Nc1ccc(Br)cc1F)N1CCNC(=O)C1. The van der Waals surface area contributed by atoms with Gasteiger partial charge in [0.1, 0.15) is 5.82 Å². The van der Waals surface area contributed by atoms with E-state index in [2.05, 4.69) is 26.6 Å². The van der Waals surface area contributed by atoms with Gasteiger partial charge in [0.25, 0.3) is 0 Å². The number of halogens is 2. The fraction of sp³-hybridized carbons (Fsp3) is 0.385. The molecule has 2 rings (SSSR count). The van der Waals surface area contributed by atoms with Crippen LogP contribution >= 0.6 is 15.9 Å². The highest BCUT2D eigenvalue weighted by Gasteiger charge is 2.26. The van der Waals surface area contributed by atoms with E-state index in [1.54, 1.807) is 17.9 Å². The number of nitrogens with one attached hydrogen (secondary N) is 2. The lowest BCUT2D eigenvalue weighted by atomic mass is 10.2. The lowest BCUT2D eigenvalue weighted by molar-refractivity contribution is -0.127. The van der Waals surface area contributed by atoms with E-state index in [1.165, 1.54) is 12.1 Å². The Balaban J connectivity index is 2.01. The first kappa shape index (κ1) is 14.9. The smallest absolute Gasteiger partial charge is 0.241 e. The number of benzene rings is 1. The molecule has 1 aliphatic heterocycles.